The van der Waals surface area contributed by atoms with Crippen molar-refractivity contribution in [2.24, 2.45) is 0 Å². The fourth-order valence-corrected chi connectivity index (χ4v) is 3.10. The highest BCUT2D eigenvalue weighted by Crippen LogP contribution is 2.28. The number of nitrogens with one attached hydrogen (secondary N) is 1. The first kappa shape index (κ1) is 20.1. The molecule has 1 aromatic heterocycles. The zero-order valence-corrected chi connectivity index (χ0v) is 16.7. The van der Waals surface area contributed by atoms with Gasteiger partial charge in [0.25, 0.3) is 0 Å². The van der Waals surface area contributed by atoms with Gasteiger partial charge in [-0.25, -0.2) is 4.79 Å². The van der Waals surface area contributed by atoms with Gasteiger partial charge in [-0.15, -0.1) is 6.58 Å². The topological polar surface area (TPSA) is 68.6 Å². The van der Waals surface area contributed by atoms with Gasteiger partial charge in [0.05, 0.1) is 37.6 Å². The largest absolute Gasteiger partial charge is 0.444 e. The van der Waals surface area contributed by atoms with E-state index in [1.807, 2.05) is 62.0 Å². The number of nitrogens with zero attached hydrogens (tertiary/aromatic N) is 3. The monoisotopic (exact) mass is 384 g/mol. The predicted octanol–water partition coefficient (Wildman–Crippen LogP) is 3.58. The van der Waals surface area contributed by atoms with Crippen molar-refractivity contribution < 1.29 is 14.4 Å². The van der Waals surface area contributed by atoms with Crippen molar-refractivity contribution in [3.05, 3.63) is 66.0 Å². The lowest BCUT2D eigenvalue weighted by Crippen LogP contribution is -2.45. The van der Waals surface area contributed by atoms with Crippen LogP contribution in [0.4, 0.5) is 4.79 Å². The Morgan fingerprint density at radius 2 is 2.11 bits per heavy atom. The molecule has 0 aliphatic carbocycles. The number of amides is 1. The van der Waals surface area contributed by atoms with Gasteiger partial charge in [0.2, 0.25) is 0 Å². The van der Waals surface area contributed by atoms with Crippen molar-refractivity contribution in [1.29, 1.82) is 0 Å². The van der Waals surface area contributed by atoms with Crippen LogP contribution in [0, 0.1) is 0 Å². The molecule has 1 aliphatic heterocycles. The summed E-state index contributed by atoms with van der Waals surface area (Å²) >= 11 is 0. The van der Waals surface area contributed by atoms with Crippen molar-refractivity contribution in [1.82, 2.24) is 20.2 Å². The molecule has 1 aromatic carbocycles. The van der Waals surface area contributed by atoms with E-state index in [1.165, 1.54) is 0 Å². The third-order valence-corrected chi connectivity index (χ3v) is 4.36. The van der Waals surface area contributed by atoms with Gasteiger partial charge in [0.15, 0.2) is 0 Å². The van der Waals surface area contributed by atoms with E-state index >= 15 is 0 Å². The van der Waals surface area contributed by atoms with E-state index in [9.17, 15) is 4.79 Å². The minimum atomic E-state index is -0.550. The summed E-state index contributed by atoms with van der Waals surface area (Å²) in [5.74, 6) is 0. The number of allylic oxidation sites excluding steroid dienone is 1. The Hall–Kier alpha value is -2.64. The highest BCUT2D eigenvalue weighted by atomic mass is 16.6. The number of rotatable bonds is 6. The van der Waals surface area contributed by atoms with Crippen LogP contribution in [0.15, 0.2) is 49.2 Å². The van der Waals surface area contributed by atoms with Crippen LogP contribution in [0.25, 0.3) is 0 Å². The van der Waals surface area contributed by atoms with Gasteiger partial charge in [-0.3, -0.25) is 9.52 Å². The Kier molecular flexibility index (Phi) is 6.16. The average molecular weight is 384 g/mol. The van der Waals surface area contributed by atoms with Crippen LogP contribution in [0.3, 0.4) is 0 Å². The van der Waals surface area contributed by atoms with Crippen molar-refractivity contribution in [2.75, 3.05) is 6.54 Å². The van der Waals surface area contributed by atoms with Gasteiger partial charge < -0.3 is 9.64 Å². The molecule has 0 fully saturated rings. The third kappa shape index (κ3) is 4.99. The van der Waals surface area contributed by atoms with E-state index in [0.29, 0.717) is 26.2 Å². The SMILES string of the molecule is C=CCn1ncc2c1CN(C(=O)OC(C)(C)C)CC2NOCc1ccccc1. The number of benzene rings is 1. The van der Waals surface area contributed by atoms with Gasteiger partial charge in [-0.05, 0) is 26.3 Å². The van der Waals surface area contributed by atoms with Gasteiger partial charge >= 0.3 is 6.09 Å². The number of carbonyl (C=O) groups is 1. The highest BCUT2D eigenvalue weighted by Gasteiger charge is 2.33. The fraction of sp³-hybridized carbons (Fsp3) is 0.429. The molecule has 0 spiro atoms. The van der Waals surface area contributed by atoms with E-state index in [1.54, 1.807) is 11.0 Å². The molecule has 1 unspecified atom stereocenters. The number of aromatic nitrogens is 2. The maximum absolute atomic E-state index is 12.6. The first-order valence-electron chi connectivity index (χ1n) is 9.42. The van der Waals surface area contributed by atoms with Crippen molar-refractivity contribution >= 4 is 6.09 Å². The summed E-state index contributed by atoms with van der Waals surface area (Å²) in [6.07, 6.45) is 3.27. The Balaban J connectivity index is 1.74. The quantitative estimate of drug-likeness (QED) is 0.609. The van der Waals surface area contributed by atoms with Crippen molar-refractivity contribution in [3.63, 3.8) is 0 Å². The Bertz CT molecular complexity index is 811. The zero-order chi connectivity index (χ0) is 20.1. The molecule has 0 bridgehead atoms. The molecule has 7 heteroatoms. The van der Waals surface area contributed by atoms with Crippen LogP contribution in [-0.4, -0.2) is 32.9 Å². The molecular weight excluding hydrogens is 356 g/mol. The summed E-state index contributed by atoms with van der Waals surface area (Å²) in [5.41, 5.74) is 5.60. The van der Waals surface area contributed by atoms with Crippen LogP contribution in [0.1, 0.15) is 43.6 Å². The Morgan fingerprint density at radius 1 is 1.36 bits per heavy atom. The first-order chi connectivity index (χ1) is 13.4. The van der Waals surface area contributed by atoms with E-state index < -0.39 is 5.60 Å². The minimum absolute atomic E-state index is 0.196. The third-order valence-electron chi connectivity index (χ3n) is 4.36. The summed E-state index contributed by atoms with van der Waals surface area (Å²) in [4.78, 5) is 20.0. The summed E-state index contributed by atoms with van der Waals surface area (Å²) in [6.45, 7) is 11.3. The number of hydrogen-bond acceptors (Lipinski definition) is 5. The van der Waals surface area contributed by atoms with Crippen LogP contribution < -0.4 is 5.48 Å². The molecule has 2 heterocycles. The smallest absolute Gasteiger partial charge is 0.410 e. The van der Waals surface area contributed by atoms with Gasteiger partial charge in [0.1, 0.15) is 5.60 Å². The normalized spacial score (nSPS) is 16.5. The average Bonchev–Trinajstić information content (AvgIpc) is 3.05. The molecule has 0 radical (unpaired) electrons. The zero-order valence-electron chi connectivity index (χ0n) is 16.7. The van der Waals surface area contributed by atoms with E-state index in [0.717, 1.165) is 16.8 Å². The van der Waals surface area contributed by atoms with E-state index in [2.05, 4.69) is 17.2 Å². The molecule has 1 N–H and O–H groups in total. The molecule has 7 nitrogen and oxygen atoms in total. The van der Waals surface area contributed by atoms with Crippen molar-refractivity contribution in [3.8, 4) is 0 Å². The lowest BCUT2D eigenvalue weighted by molar-refractivity contribution is -0.0184. The highest BCUT2D eigenvalue weighted by molar-refractivity contribution is 5.68. The molecular formula is C21H28N4O3. The standard InChI is InChI=1S/C21H28N4O3/c1-5-11-25-19-14-24(20(26)28-21(2,3)4)13-18(17(19)12-22-25)23-27-15-16-9-7-6-8-10-16/h5-10,12,18,23H,1,11,13-15H2,2-4H3. The second kappa shape index (κ2) is 8.58. The van der Waals surface area contributed by atoms with E-state index in [-0.39, 0.29) is 12.1 Å². The summed E-state index contributed by atoms with van der Waals surface area (Å²) < 4.78 is 7.41. The number of fused-ring (bicyclic) bond motifs is 1. The molecule has 1 atom stereocenters. The molecule has 1 amide bonds. The summed E-state index contributed by atoms with van der Waals surface area (Å²) in [7, 11) is 0. The Labute approximate surface area is 165 Å². The Morgan fingerprint density at radius 3 is 2.79 bits per heavy atom. The molecule has 3 rings (SSSR count). The van der Waals surface area contributed by atoms with Crippen LogP contribution in [0.2, 0.25) is 0 Å². The fourth-order valence-electron chi connectivity index (χ4n) is 3.10. The molecule has 2 aromatic rings. The van der Waals surface area contributed by atoms with Gasteiger partial charge in [-0.2, -0.15) is 10.6 Å². The van der Waals surface area contributed by atoms with Crippen molar-refractivity contribution in [2.45, 2.75) is 52.1 Å². The minimum Gasteiger partial charge on any atom is -0.444 e. The molecule has 1 aliphatic rings. The molecule has 150 valence electrons. The number of ether oxygens (including phenoxy) is 1. The molecule has 0 saturated heterocycles. The summed E-state index contributed by atoms with van der Waals surface area (Å²) in [6, 6.07) is 9.73. The van der Waals surface area contributed by atoms with Crippen LogP contribution >= 0.6 is 0 Å². The first-order valence-corrected chi connectivity index (χ1v) is 9.42. The number of hydroxylamine groups is 1. The lowest BCUT2D eigenvalue weighted by atomic mass is 10.0. The summed E-state index contributed by atoms with van der Waals surface area (Å²) in [5, 5.41) is 4.44. The second-order valence-corrected chi connectivity index (χ2v) is 7.82. The maximum atomic E-state index is 12.6. The van der Waals surface area contributed by atoms with Gasteiger partial charge in [-0.1, -0.05) is 36.4 Å². The number of carbonyl (C=O) groups excluding carboxylic acids is 1. The molecule has 28 heavy (non-hydrogen) atoms. The predicted molar refractivity (Wildman–Crippen MR) is 106 cm³/mol. The van der Waals surface area contributed by atoms with E-state index in [4.69, 9.17) is 9.57 Å². The maximum Gasteiger partial charge on any atom is 0.410 e. The lowest BCUT2D eigenvalue weighted by Gasteiger charge is -2.34. The molecule has 0 saturated carbocycles. The van der Waals surface area contributed by atoms with Crippen LogP contribution in [-0.2, 0) is 29.3 Å². The second-order valence-electron chi connectivity index (χ2n) is 7.82. The number of hydrogen-bond donors (Lipinski definition) is 1. The van der Waals surface area contributed by atoms with Gasteiger partial charge in [0, 0.05) is 12.1 Å². The van der Waals surface area contributed by atoms with Crippen LogP contribution in [0.5, 0.6) is 0 Å².